The van der Waals surface area contributed by atoms with Gasteiger partial charge in [-0.05, 0) is 69.3 Å². The molecule has 1 unspecified atom stereocenters. The second-order valence-corrected chi connectivity index (χ2v) is 7.41. The predicted molar refractivity (Wildman–Crippen MR) is 98.8 cm³/mol. The van der Waals surface area contributed by atoms with Gasteiger partial charge in [-0.1, -0.05) is 0 Å². The number of hydrogen-bond acceptors (Lipinski definition) is 4. The van der Waals surface area contributed by atoms with E-state index in [-0.39, 0.29) is 11.9 Å². The largest absolute Gasteiger partial charge is 0.468 e. The minimum atomic E-state index is 0.0910. The van der Waals surface area contributed by atoms with Crippen LogP contribution in [0.4, 0.5) is 0 Å². The standard InChI is InChI=1S/C20H28N4O2/c25-20(10-9-17-15-6-1-2-7-16(15)22-23-17)21-14-18(19-8-5-13-26-19)24-11-3-4-12-24/h5,8,13,18H,1-4,6-7,9-12,14H2,(H,21,25)(H,22,23). The molecule has 0 spiro atoms. The maximum absolute atomic E-state index is 12.4. The van der Waals surface area contributed by atoms with Crippen molar-refractivity contribution < 1.29 is 9.21 Å². The van der Waals surface area contributed by atoms with Crippen molar-refractivity contribution in [3.63, 3.8) is 0 Å². The molecule has 2 aliphatic rings. The van der Waals surface area contributed by atoms with E-state index in [1.807, 2.05) is 12.1 Å². The molecule has 2 aromatic heterocycles. The van der Waals surface area contributed by atoms with E-state index < -0.39 is 0 Å². The third kappa shape index (κ3) is 3.85. The molecule has 2 aromatic rings. The number of aryl methyl sites for hydroxylation is 2. The highest BCUT2D eigenvalue weighted by Gasteiger charge is 2.26. The number of H-pyrrole nitrogens is 1. The third-order valence-electron chi connectivity index (χ3n) is 5.68. The minimum absolute atomic E-state index is 0.0910. The maximum Gasteiger partial charge on any atom is 0.220 e. The molecular weight excluding hydrogens is 328 g/mol. The van der Waals surface area contributed by atoms with Crippen LogP contribution >= 0.6 is 0 Å². The number of nitrogens with zero attached hydrogens (tertiary/aromatic N) is 2. The highest BCUT2D eigenvalue weighted by molar-refractivity contribution is 5.76. The Kier molecular flexibility index (Phi) is 5.39. The Bertz CT molecular complexity index is 716. The Labute approximate surface area is 154 Å². The van der Waals surface area contributed by atoms with E-state index in [1.165, 1.54) is 36.9 Å². The van der Waals surface area contributed by atoms with Crippen LogP contribution in [0.5, 0.6) is 0 Å². The number of aromatic amines is 1. The molecule has 1 aliphatic carbocycles. The summed E-state index contributed by atoms with van der Waals surface area (Å²) in [5.74, 6) is 1.03. The molecule has 140 valence electrons. The van der Waals surface area contributed by atoms with Crippen LogP contribution in [0.2, 0.25) is 0 Å². The zero-order valence-corrected chi connectivity index (χ0v) is 15.3. The molecule has 2 N–H and O–H groups in total. The molecule has 0 bridgehead atoms. The van der Waals surface area contributed by atoms with Gasteiger partial charge in [0.05, 0.1) is 18.0 Å². The average Bonchev–Trinajstić information content (AvgIpc) is 3.42. The van der Waals surface area contributed by atoms with Crippen LogP contribution in [0.15, 0.2) is 22.8 Å². The molecule has 26 heavy (non-hydrogen) atoms. The molecule has 3 heterocycles. The second-order valence-electron chi connectivity index (χ2n) is 7.41. The number of aromatic nitrogens is 2. The van der Waals surface area contributed by atoms with Gasteiger partial charge in [0.1, 0.15) is 5.76 Å². The molecule has 1 saturated heterocycles. The summed E-state index contributed by atoms with van der Waals surface area (Å²) in [5, 5.41) is 10.7. The summed E-state index contributed by atoms with van der Waals surface area (Å²) in [6.45, 7) is 2.74. The number of likely N-dealkylation sites (tertiary alicyclic amines) is 1. The Hall–Kier alpha value is -2.08. The second kappa shape index (κ2) is 8.08. The van der Waals surface area contributed by atoms with Gasteiger partial charge in [0.25, 0.3) is 0 Å². The van der Waals surface area contributed by atoms with Crippen molar-refractivity contribution in [2.45, 2.75) is 57.4 Å². The molecule has 1 amide bonds. The zero-order chi connectivity index (χ0) is 17.8. The summed E-state index contributed by atoms with van der Waals surface area (Å²) < 4.78 is 5.61. The van der Waals surface area contributed by atoms with Gasteiger partial charge in [-0.25, -0.2) is 0 Å². The number of carbonyl (C=O) groups is 1. The molecular formula is C20H28N4O2. The molecule has 1 atom stereocenters. The molecule has 0 saturated carbocycles. The smallest absolute Gasteiger partial charge is 0.220 e. The number of nitrogens with one attached hydrogen (secondary N) is 2. The Morgan fingerprint density at radius 1 is 1.27 bits per heavy atom. The summed E-state index contributed by atoms with van der Waals surface area (Å²) in [7, 11) is 0. The molecule has 0 aromatic carbocycles. The Balaban J connectivity index is 1.30. The summed E-state index contributed by atoms with van der Waals surface area (Å²) >= 11 is 0. The lowest BCUT2D eigenvalue weighted by molar-refractivity contribution is -0.121. The van der Waals surface area contributed by atoms with Gasteiger partial charge in [-0.2, -0.15) is 5.10 Å². The monoisotopic (exact) mass is 356 g/mol. The van der Waals surface area contributed by atoms with Gasteiger partial charge in [0.2, 0.25) is 5.91 Å². The van der Waals surface area contributed by atoms with Crippen molar-refractivity contribution in [3.05, 3.63) is 41.1 Å². The van der Waals surface area contributed by atoms with Crippen LogP contribution in [0, 0.1) is 0 Å². The van der Waals surface area contributed by atoms with E-state index >= 15 is 0 Å². The Morgan fingerprint density at radius 3 is 2.92 bits per heavy atom. The first kappa shape index (κ1) is 17.3. The quantitative estimate of drug-likeness (QED) is 0.800. The van der Waals surface area contributed by atoms with Gasteiger partial charge >= 0.3 is 0 Å². The molecule has 6 heteroatoms. The minimum Gasteiger partial charge on any atom is -0.468 e. The van der Waals surface area contributed by atoms with Crippen molar-refractivity contribution in [2.24, 2.45) is 0 Å². The first-order valence-corrected chi connectivity index (χ1v) is 9.90. The normalized spacial score (nSPS) is 18.6. The zero-order valence-electron chi connectivity index (χ0n) is 15.3. The van der Waals surface area contributed by atoms with Crippen molar-refractivity contribution >= 4 is 5.91 Å². The fourth-order valence-electron chi connectivity index (χ4n) is 4.23. The van der Waals surface area contributed by atoms with E-state index in [4.69, 9.17) is 4.42 Å². The summed E-state index contributed by atoms with van der Waals surface area (Å²) in [6.07, 6.45) is 10.0. The highest BCUT2D eigenvalue weighted by atomic mass is 16.3. The van der Waals surface area contributed by atoms with E-state index in [2.05, 4.69) is 20.4 Å². The number of rotatable bonds is 7. The van der Waals surface area contributed by atoms with Crippen molar-refractivity contribution in [1.29, 1.82) is 0 Å². The van der Waals surface area contributed by atoms with Gasteiger partial charge < -0.3 is 9.73 Å². The van der Waals surface area contributed by atoms with Crippen molar-refractivity contribution in [1.82, 2.24) is 20.4 Å². The van der Waals surface area contributed by atoms with Crippen LogP contribution in [0.3, 0.4) is 0 Å². The number of fused-ring (bicyclic) bond motifs is 1. The lowest BCUT2D eigenvalue weighted by Gasteiger charge is -2.26. The van der Waals surface area contributed by atoms with E-state index in [1.54, 1.807) is 6.26 Å². The number of amides is 1. The van der Waals surface area contributed by atoms with E-state index in [0.29, 0.717) is 19.4 Å². The topological polar surface area (TPSA) is 74.2 Å². The summed E-state index contributed by atoms with van der Waals surface area (Å²) in [5.41, 5.74) is 3.71. The number of hydrogen-bond donors (Lipinski definition) is 2. The van der Waals surface area contributed by atoms with Crippen LogP contribution in [0.1, 0.15) is 60.9 Å². The van der Waals surface area contributed by atoms with Gasteiger partial charge in [0, 0.05) is 25.1 Å². The SMILES string of the molecule is O=C(CCc1n[nH]c2c1CCCC2)NCC(c1ccco1)N1CCCC1. The lowest BCUT2D eigenvalue weighted by atomic mass is 9.94. The van der Waals surface area contributed by atoms with Gasteiger partial charge in [0.15, 0.2) is 0 Å². The number of carbonyl (C=O) groups excluding carboxylic acids is 1. The molecule has 1 fully saturated rings. The summed E-state index contributed by atoms with van der Waals surface area (Å²) in [4.78, 5) is 14.8. The third-order valence-corrected chi connectivity index (χ3v) is 5.68. The first-order chi connectivity index (χ1) is 12.8. The highest BCUT2D eigenvalue weighted by Crippen LogP contribution is 2.25. The number of furan rings is 1. The van der Waals surface area contributed by atoms with Gasteiger partial charge in [-0.15, -0.1) is 0 Å². The van der Waals surface area contributed by atoms with Crippen LogP contribution < -0.4 is 5.32 Å². The van der Waals surface area contributed by atoms with E-state index in [9.17, 15) is 4.79 Å². The summed E-state index contributed by atoms with van der Waals surface area (Å²) in [6, 6.07) is 4.06. The van der Waals surface area contributed by atoms with Gasteiger partial charge in [-0.3, -0.25) is 14.8 Å². The molecule has 6 nitrogen and oxygen atoms in total. The first-order valence-electron chi connectivity index (χ1n) is 9.90. The Morgan fingerprint density at radius 2 is 2.12 bits per heavy atom. The average molecular weight is 356 g/mol. The predicted octanol–water partition coefficient (Wildman–Crippen LogP) is 2.77. The van der Waals surface area contributed by atoms with Crippen LogP contribution in [0.25, 0.3) is 0 Å². The van der Waals surface area contributed by atoms with E-state index in [0.717, 1.165) is 37.4 Å². The van der Waals surface area contributed by atoms with Crippen molar-refractivity contribution in [3.8, 4) is 0 Å². The van der Waals surface area contributed by atoms with Crippen molar-refractivity contribution in [2.75, 3.05) is 19.6 Å². The lowest BCUT2D eigenvalue weighted by Crippen LogP contribution is -2.36. The fourth-order valence-corrected chi connectivity index (χ4v) is 4.23. The maximum atomic E-state index is 12.4. The van der Waals surface area contributed by atoms with Crippen LogP contribution in [-0.2, 0) is 24.1 Å². The fraction of sp³-hybridized carbons (Fsp3) is 0.600. The van der Waals surface area contributed by atoms with Crippen LogP contribution in [-0.4, -0.2) is 40.6 Å². The molecule has 0 radical (unpaired) electrons. The molecule has 1 aliphatic heterocycles. The molecule has 4 rings (SSSR count).